The van der Waals surface area contributed by atoms with Crippen LogP contribution in [0.5, 0.6) is 0 Å². The highest BCUT2D eigenvalue weighted by molar-refractivity contribution is 7.91. The van der Waals surface area contributed by atoms with Crippen LogP contribution in [-0.2, 0) is 16.4 Å². The predicted molar refractivity (Wildman–Crippen MR) is 86.4 cm³/mol. The van der Waals surface area contributed by atoms with Crippen LogP contribution in [0.1, 0.15) is 5.69 Å². The quantitative estimate of drug-likeness (QED) is 0.739. The van der Waals surface area contributed by atoms with Gasteiger partial charge >= 0.3 is 0 Å². The summed E-state index contributed by atoms with van der Waals surface area (Å²) in [6, 6.07) is 9.07. The van der Waals surface area contributed by atoms with Gasteiger partial charge in [0, 0.05) is 24.5 Å². The number of hydrogen-bond donors (Lipinski definition) is 2. The second-order valence-corrected chi connectivity index (χ2v) is 6.94. The first-order valence-electron chi connectivity index (χ1n) is 7.17. The van der Waals surface area contributed by atoms with Gasteiger partial charge in [0.05, 0.1) is 16.3 Å². The Morgan fingerprint density at radius 1 is 1.21 bits per heavy atom. The molecule has 0 spiro atoms. The normalized spacial score (nSPS) is 11.6. The second-order valence-electron chi connectivity index (χ2n) is 5.07. The molecule has 24 heavy (non-hydrogen) atoms. The molecule has 0 aliphatic carbocycles. The largest absolute Gasteiger partial charge is 0.331 e. The van der Waals surface area contributed by atoms with E-state index in [9.17, 15) is 12.8 Å². The third kappa shape index (κ3) is 2.93. The van der Waals surface area contributed by atoms with Gasteiger partial charge in [0.2, 0.25) is 15.0 Å². The van der Waals surface area contributed by atoms with Gasteiger partial charge in [-0.15, -0.1) is 0 Å². The minimum absolute atomic E-state index is 0.0230. The summed E-state index contributed by atoms with van der Waals surface area (Å²) < 4.78 is 39.4. The summed E-state index contributed by atoms with van der Waals surface area (Å²) in [6.45, 7) is 0.319. The fourth-order valence-electron chi connectivity index (χ4n) is 2.31. The number of halogens is 1. The van der Waals surface area contributed by atoms with Crippen LogP contribution in [0.4, 0.5) is 4.39 Å². The molecule has 0 aliphatic heterocycles. The first kappa shape index (κ1) is 16.3. The number of sulfone groups is 1. The van der Waals surface area contributed by atoms with Crippen molar-refractivity contribution in [1.29, 1.82) is 0 Å². The van der Waals surface area contributed by atoms with Crippen molar-refractivity contribution in [3.05, 3.63) is 60.3 Å². The van der Waals surface area contributed by atoms with Gasteiger partial charge in [-0.1, -0.05) is 12.1 Å². The molecule has 3 aromatic rings. The molecule has 0 atom stereocenters. The molecule has 0 amide bonds. The predicted octanol–water partition coefficient (Wildman–Crippen LogP) is 2.16. The second kappa shape index (κ2) is 6.50. The maximum Gasteiger partial charge on any atom is 0.241 e. The molecule has 2 N–H and O–H groups in total. The summed E-state index contributed by atoms with van der Waals surface area (Å²) in [6.07, 6.45) is 2.73. The monoisotopic (exact) mass is 346 g/mol. The zero-order chi connectivity index (χ0) is 17.2. The lowest BCUT2D eigenvalue weighted by Crippen LogP contribution is -2.08. The lowest BCUT2D eigenvalue weighted by Gasteiger charge is -2.02. The van der Waals surface area contributed by atoms with Crippen LogP contribution in [0, 0.1) is 5.82 Å². The van der Waals surface area contributed by atoms with Gasteiger partial charge in [-0.2, -0.15) is 0 Å². The fourth-order valence-corrected chi connectivity index (χ4v) is 3.46. The number of benzene rings is 1. The lowest BCUT2D eigenvalue weighted by atomic mass is 10.1. The summed E-state index contributed by atoms with van der Waals surface area (Å²) in [5, 5.41) is 2.68. The molecular formula is C16H15FN4O2S. The Bertz CT molecular complexity index is 955. The van der Waals surface area contributed by atoms with E-state index in [0.717, 1.165) is 0 Å². The SMILES string of the molecule is CNCc1[nH]c(S(=O)(=O)c2cccnc2)nc1-c1ccccc1F. The van der Waals surface area contributed by atoms with E-state index in [0.29, 0.717) is 12.2 Å². The molecule has 124 valence electrons. The molecule has 3 rings (SSSR count). The van der Waals surface area contributed by atoms with Gasteiger partial charge in [0.25, 0.3) is 0 Å². The van der Waals surface area contributed by atoms with Crippen LogP contribution >= 0.6 is 0 Å². The molecule has 0 radical (unpaired) electrons. The Morgan fingerprint density at radius 3 is 2.67 bits per heavy atom. The molecule has 1 aromatic carbocycles. The first-order valence-corrected chi connectivity index (χ1v) is 8.66. The van der Waals surface area contributed by atoms with Crippen molar-refractivity contribution in [2.45, 2.75) is 16.6 Å². The molecule has 6 nitrogen and oxygen atoms in total. The molecule has 0 saturated heterocycles. The van der Waals surface area contributed by atoms with Crippen molar-refractivity contribution >= 4 is 9.84 Å². The van der Waals surface area contributed by atoms with E-state index in [-0.39, 0.29) is 21.3 Å². The van der Waals surface area contributed by atoms with E-state index in [4.69, 9.17) is 0 Å². The summed E-state index contributed by atoms with van der Waals surface area (Å²) >= 11 is 0. The van der Waals surface area contributed by atoms with E-state index in [1.807, 2.05) is 0 Å². The Balaban J connectivity index is 2.15. The minimum atomic E-state index is -3.86. The van der Waals surface area contributed by atoms with Gasteiger partial charge in [-0.05, 0) is 31.3 Å². The molecule has 2 aromatic heterocycles. The van der Waals surface area contributed by atoms with Crippen LogP contribution in [0.15, 0.2) is 58.8 Å². The number of aromatic amines is 1. The summed E-state index contributed by atoms with van der Waals surface area (Å²) in [4.78, 5) is 10.8. The number of nitrogens with one attached hydrogen (secondary N) is 2. The minimum Gasteiger partial charge on any atom is -0.331 e. The molecule has 8 heteroatoms. The van der Waals surface area contributed by atoms with E-state index >= 15 is 0 Å². The zero-order valence-corrected chi connectivity index (χ0v) is 13.6. The van der Waals surface area contributed by atoms with E-state index in [1.54, 1.807) is 25.2 Å². The summed E-state index contributed by atoms with van der Waals surface area (Å²) in [5.74, 6) is -0.466. The molecule has 2 heterocycles. The van der Waals surface area contributed by atoms with Crippen LogP contribution in [0.2, 0.25) is 0 Å². The zero-order valence-electron chi connectivity index (χ0n) is 12.8. The number of rotatable bonds is 5. The smallest absolute Gasteiger partial charge is 0.241 e. The van der Waals surface area contributed by atoms with Crippen molar-refractivity contribution < 1.29 is 12.8 Å². The van der Waals surface area contributed by atoms with E-state index < -0.39 is 15.7 Å². The van der Waals surface area contributed by atoms with Crippen molar-refractivity contribution in [3.63, 3.8) is 0 Å². The van der Waals surface area contributed by atoms with Crippen LogP contribution < -0.4 is 5.32 Å². The standard InChI is InChI=1S/C16H15FN4O2S/c1-18-10-14-15(12-6-2-3-7-13(12)17)21-16(20-14)24(22,23)11-5-4-8-19-9-11/h2-9,18H,10H2,1H3,(H,20,21). The van der Waals surface area contributed by atoms with Gasteiger partial charge in [0.15, 0.2) is 0 Å². The Hall–Kier alpha value is -2.58. The topological polar surface area (TPSA) is 87.7 Å². The third-order valence-electron chi connectivity index (χ3n) is 3.44. The first-order chi connectivity index (χ1) is 11.5. The molecule has 0 saturated carbocycles. The number of nitrogens with zero attached hydrogens (tertiary/aromatic N) is 2. The summed E-state index contributed by atoms with van der Waals surface area (Å²) in [7, 11) is -2.15. The average molecular weight is 346 g/mol. The van der Waals surface area contributed by atoms with Gasteiger partial charge in [0.1, 0.15) is 5.82 Å². The van der Waals surface area contributed by atoms with Crippen LogP contribution in [0.3, 0.4) is 0 Å². The number of hydrogen-bond acceptors (Lipinski definition) is 5. The molecular weight excluding hydrogens is 331 g/mol. The molecule has 0 fully saturated rings. The Kier molecular flexibility index (Phi) is 4.41. The van der Waals surface area contributed by atoms with E-state index in [2.05, 4.69) is 20.3 Å². The maximum atomic E-state index is 14.1. The van der Waals surface area contributed by atoms with Gasteiger partial charge in [-0.25, -0.2) is 17.8 Å². The number of imidazole rings is 1. The fraction of sp³-hybridized carbons (Fsp3) is 0.125. The van der Waals surface area contributed by atoms with Crippen LogP contribution in [0.25, 0.3) is 11.3 Å². The van der Waals surface area contributed by atoms with Gasteiger partial charge < -0.3 is 10.3 Å². The van der Waals surface area contributed by atoms with Crippen LogP contribution in [-0.4, -0.2) is 30.4 Å². The highest BCUT2D eigenvalue weighted by atomic mass is 32.2. The summed E-state index contributed by atoms with van der Waals surface area (Å²) in [5.41, 5.74) is 1.00. The number of aromatic nitrogens is 3. The van der Waals surface area contributed by atoms with Crippen molar-refractivity contribution in [1.82, 2.24) is 20.3 Å². The number of pyridine rings is 1. The lowest BCUT2D eigenvalue weighted by molar-refractivity contribution is 0.587. The van der Waals surface area contributed by atoms with Gasteiger partial charge in [-0.3, -0.25) is 4.98 Å². The number of H-pyrrole nitrogens is 1. The Labute approximate surface area is 138 Å². The Morgan fingerprint density at radius 2 is 2.00 bits per heavy atom. The van der Waals surface area contributed by atoms with Crippen molar-refractivity contribution in [3.8, 4) is 11.3 Å². The third-order valence-corrected chi connectivity index (χ3v) is 5.00. The van der Waals surface area contributed by atoms with Crippen molar-refractivity contribution in [2.75, 3.05) is 7.05 Å². The highest BCUT2D eigenvalue weighted by Crippen LogP contribution is 2.27. The van der Waals surface area contributed by atoms with E-state index in [1.165, 1.54) is 30.6 Å². The molecule has 0 unspecified atom stereocenters. The molecule has 0 aliphatic rings. The highest BCUT2D eigenvalue weighted by Gasteiger charge is 2.25. The molecule has 0 bridgehead atoms. The van der Waals surface area contributed by atoms with Crippen molar-refractivity contribution in [2.24, 2.45) is 0 Å². The average Bonchev–Trinajstić information content (AvgIpc) is 3.01. The maximum absolute atomic E-state index is 14.1.